The molecule has 2 aromatic carbocycles. The monoisotopic (exact) mass is 403 g/mol. The Labute approximate surface area is 163 Å². The topological polar surface area (TPSA) is 113 Å². The summed E-state index contributed by atoms with van der Waals surface area (Å²) in [4.78, 5) is 22.2. The maximum absolute atomic E-state index is 12.1. The first-order chi connectivity index (χ1) is 12.9. The van der Waals surface area contributed by atoms with Crippen LogP contribution in [0, 0.1) is 10.1 Å². The molecule has 1 aromatic heterocycles. The van der Waals surface area contributed by atoms with Crippen LogP contribution in [-0.4, -0.2) is 27.2 Å². The van der Waals surface area contributed by atoms with Gasteiger partial charge in [-0.1, -0.05) is 29.3 Å². The highest BCUT2D eigenvalue weighted by atomic mass is 35.5. The lowest BCUT2D eigenvalue weighted by Gasteiger charge is -1.99. The largest absolute Gasteiger partial charge is 0.289 e. The SMILES string of the molecule is O=C(N/N=C\c1ccc([N+](=O)[O-])cc1)c1cc(-c2ccc(Cl)c(Cl)c2)n[nH]1. The van der Waals surface area contributed by atoms with E-state index in [-0.39, 0.29) is 11.4 Å². The van der Waals surface area contributed by atoms with Gasteiger partial charge in [0, 0.05) is 17.7 Å². The Bertz CT molecular complexity index is 1030. The molecule has 1 heterocycles. The number of H-pyrrole nitrogens is 1. The Hall–Kier alpha value is -3.23. The fraction of sp³-hybridized carbons (Fsp3) is 0. The molecule has 8 nitrogen and oxygen atoms in total. The van der Waals surface area contributed by atoms with Crippen LogP contribution < -0.4 is 5.43 Å². The van der Waals surface area contributed by atoms with Gasteiger partial charge in [-0.25, -0.2) is 5.43 Å². The summed E-state index contributed by atoms with van der Waals surface area (Å²) in [5.74, 6) is -0.494. The van der Waals surface area contributed by atoms with Crippen molar-refractivity contribution in [1.82, 2.24) is 15.6 Å². The Morgan fingerprint density at radius 2 is 1.89 bits per heavy atom. The summed E-state index contributed by atoms with van der Waals surface area (Å²) in [5.41, 5.74) is 4.36. The smallest absolute Gasteiger partial charge is 0.272 e. The number of carbonyl (C=O) groups is 1. The molecule has 0 aliphatic carbocycles. The van der Waals surface area contributed by atoms with Crippen molar-refractivity contribution < 1.29 is 9.72 Å². The number of rotatable bonds is 5. The quantitative estimate of drug-likeness (QED) is 0.379. The molecule has 0 spiro atoms. The number of hydrazone groups is 1. The summed E-state index contributed by atoms with van der Waals surface area (Å²) in [6, 6.07) is 12.3. The second kappa shape index (κ2) is 7.98. The van der Waals surface area contributed by atoms with E-state index in [1.54, 1.807) is 24.3 Å². The predicted octanol–water partition coefficient (Wildman–Crippen LogP) is 4.06. The minimum absolute atomic E-state index is 0.0246. The van der Waals surface area contributed by atoms with Gasteiger partial charge in [-0.15, -0.1) is 0 Å². The molecule has 0 unspecified atom stereocenters. The molecule has 27 heavy (non-hydrogen) atoms. The molecule has 1 amide bonds. The predicted molar refractivity (Wildman–Crippen MR) is 102 cm³/mol. The Morgan fingerprint density at radius 3 is 2.56 bits per heavy atom. The highest BCUT2D eigenvalue weighted by molar-refractivity contribution is 6.42. The second-order valence-electron chi connectivity index (χ2n) is 5.34. The van der Waals surface area contributed by atoms with E-state index >= 15 is 0 Å². The summed E-state index contributed by atoms with van der Waals surface area (Å²) in [7, 11) is 0. The van der Waals surface area contributed by atoms with Crippen molar-refractivity contribution >= 4 is 41.0 Å². The molecule has 0 aliphatic heterocycles. The van der Waals surface area contributed by atoms with Gasteiger partial charge < -0.3 is 0 Å². The zero-order valence-electron chi connectivity index (χ0n) is 13.5. The minimum atomic E-state index is -0.494. The fourth-order valence-electron chi connectivity index (χ4n) is 2.15. The molecule has 10 heteroatoms. The standard InChI is InChI=1S/C17H11Cl2N5O3/c18-13-6-3-11(7-14(13)19)15-8-16(22-21-15)17(25)23-20-9-10-1-4-12(5-2-10)24(26)27/h1-9H,(H,21,22)(H,23,25)/b20-9-. The van der Waals surface area contributed by atoms with Gasteiger partial charge in [0.2, 0.25) is 0 Å². The van der Waals surface area contributed by atoms with E-state index in [9.17, 15) is 14.9 Å². The van der Waals surface area contributed by atoms with Crippen molar-refractivity contribution in [1.29, 1.82) is 0 Å². The summed E-state index contributed by atoms with van der Waals surface area (Å²) >= 11 is 11.9. The van der Waals surface area contributed by atoms with E-state index in [4.69, 9.17) is 23.2 Å². The van der Waals surface area contributed by atoms with Gasteiger partial charge in [0.25, 0.3) is 11.6 Å². The van der Waals surface area contributed by atoms with E-state index in [1.807, 2.05) is 0 Å². The number of nitro groups is 1. The molecule has 3 aromatic rings. The first-order valence-electron chi connectivity index (χ1n) is 7.53. The third-order valence-electron chi connectivity index (χ3n) is 3.52. The third-order valence-corrected chi connectivity index (χ3v) is 4.26. The molecule has 0 fully saturated rings. The van der Waals surface area contributed by atoms with Gasteiger partial charge in [0.15, 0.2) is 0 Å². The fourth-order valence-corrected chi connectivity index (χ4v) is 2.45. The van der Waals surface area contributed by atoms with E-state index in [2.05, 4.69) is 20.7 Å². The van der Waals surface area contributed by atoms with Crippen molar-refractivity contribution in [2.75, 3.05) is 0 Å². The van der Waals surface area contributed by atoms with Crippen molar-refractivity contribution in [2.24, 2.45) is 5.10 Å². The number of aromatic nitrogens is 2. The normalized spacial score (nSPS) is 10.9. The highest BCUT2D eigenvalue weighted by Crippen LogP contribution is 2.27. The van der Waals surface area contributed by atoms with Crippen LogP contribution in [0.3, 0.4) is 0 Å². The van der Waals surface area contributed by atoms with Crippen molar-refractivity contribution in [3.8, 4) is 11.3 Å². The Balaban J connectivity index is 1.65. The van der Waals surface area contributed by atoms with E-state index < -0.39 is 10.8 Å². The third kappa shape index (κ3) is 4.49. The van der Waals surface area contributed by atoms with Gasteiger partial charge in [-0.3, -0.25) is 20.0 Å². The van der Waals surface area contributed by atoms with Crippen molar-refractivity contribution in [3.05, 3.63) is 79.9 Å². The summed E-state index contributed by atoms with van der Waals surface area (Å²) < 4.78 is 0. The van der Waals surface area contributed by atoms with E-state index in [0.717, 1.165) is 0 Å². The molecule has 0 aliphatic rings. The zero-order chi connectivity index (χ0) is 19.4. The number of nitrogens with zero attached hydrogens (tertiary/aromatic N) is 3. The van der Waals surface area contributed by atoms with Gasteiger partial charge in [-0.2, -0.15) is 10.2 Å². The first kappa shape index (κ1) is 18.6. The van der Waals surface area contributed by atoms with Crippen LogP contribution in [-0.2, 0) is 0 Å². The Morgan fingerprint density at radius 1 is 1.15 bits per heavy atom. The zero-order valence-corrected chi connectivity index (χ0v) is 15.0. The number of carbonyl (C=O) groups excluding carboxylic acids is 1. The molecule has 2 N–H and O–H groups in total. The molecular weight excluding hydrogens is 393 g/mol. The molecule has 0 atom stereocenters. The summed E-state index contributed by atoms with van der Waals surface area (Å²) in [5, 5.41) is 21.9. The molecule has 136 valence electrons. The van der Waals surface area contributed by atoms with Crippen LogP contribution in [0.4, 0.5) is 5.69 Å². The van der Waals surface area contributed by atoms with Gasteiger partial charge in [0.1, 0.15) is 5.69 Å². The number of aromatic amines is 1. The lowest BCUT2D eigenvalue weighted by atomic mass is 10.1. The maximum Gasteiger partial charge on any atom is 0.289 e. The Kier molecular flexibility index (Phi) is 5.49. The average molecular weight is 404 g/mol. The molecule has 0 bridgehead atoms. The average Bonchev–Trinajstić information content (AvgIpc) is 3.14. The van der Waals surface area contributed by atoms with Crippen LogP contribution in [0.5, 0.6) is 0 Å². The number of benzene rings is 2. The van der Waals surface area contributed by atoms with E-state index in [1.165, 1.54) is 30.5 Å². The number of nitro benzene ring substituents is 1. The van der Waals surface area contributed by atoms with Crippen molar-refractivity contribution in [3.63, 3.8) is 0 Å². The number of non-ortho nitro benzene ring substituents is 1. The van der Waals surface area contributed by atoms with Crippen LogP contribution in [0.25, 0.3) is 11.3 Å². The minimum Gasteiger partial charge on any atom is -0.272 e. The van der Waals surface area contributed by atoms with Crippen LogP contribution in [0.1, 0.15) is 16.1 Å². The number of hydrogen-bond acceptors (Lipinski definition) is 5. The maximum atomic E-state index is 12.1. The number of hydrogen-bond donors (Lipinski definition) is 2. The first-order valence-corrected chi connectivity index (χ1v) is 8.28. The summed E-state index contributed by atoms with van der Waals surface area (Å²) in [6.07, 6.45) is 1.37. The molecule has 0 radical (unpaired) electrons. The number of amides is 1. The lowest BCUT2D eigenvalue weighted by molar-refractivity contribution is -0.384. The van der Waals surface area contributed by atoms with Crippen LogP contribution in [0.15, 0.2) is 53.6 Å². The van der Waals surface area contributed by atoms with Gasteiger partial charge in [0.05, 0.1) is 26.9 Å². The molecule has 3 rings (SSSR count). The number of nitrogens with one attached hydrogen (secondary N) is 2. The number of halogens is 2. The van der Waals surface area contributed by atoms with Gasteiger partial charge in [-0.05, 0) is 35.9 Å². The lowest BCUT2D eigenvalue weighted by Crippen LogP contribution is -2.17. The molecular formula is C17H11Cl2N5O3. The molecule has 0 saturated heterocycles. The van der Waals surface area contributed by atoms with E-state index in [0.29, 0.717) is 26.9 Å². The van der Waals surface area contributed by atoms with Crippen LogP contribution in [0.2, 0.25) is 10.0 Å². The second-order valence-corrected chi connectivity index (χ2v) is 6.16. The highest BCUT2D eigenvalue weighted by Gasteiger charge is 2.11. The van der Waals surface area contributed by atoms with Crippen LogP contribution >= 0.6 is 23.2 Å². The molecule has 0 saturated carbocycles. The summed E-state index contributed by atoms with van der Waals surface area (Å²) in [6.45, 7) is 0. The van der Waals surface area contributed by atoms with Gasteiger partial charge >= 0.3 is 0 Å². The van der Waals surface area contributed by atoms with Crippen molar-refractivity contribution in [2.45, 2.75) is 0 Å².